The Balaban J connectivity index is 1.94. The molecule has 1 atom stereocenters. The summed E-state index contributed by atoms with van der Waals surface area (Å²) in [4.78, 5) is 4.68. The largest absolute Gasteiger partial charge is 0.310 e. The normalized spacial score (nSPS) is 12.9. The van der Waals surface area contributed by atoms with Crippen LogP contribution in [0.5, 0.6) is 0 Å². The molecule has 3 aromatic rings. The average Bonchev–Trinajstić information content (AvgIpc) is 3.07. The summed E-state index contributed by atoms with van der Waals surface area (Å²) >= 11 is 1.68. The summed E-state index contributed by atoms with van der Waals surface area (Å²) in [6.45, 7) is 7.49. The fraction of sp³-hybridized carbons (Fsp3) is 0.375. The molecule has 0 fully saturated rings. The molecule has 0 saturated heterocycles. The third kappa shape index (κ3) is 2.71. The second-order valence-electron chi connectivity index (χ2n) is 5.24. The highest BCUT2D eigenvalue weighted by atomic mass is 32.1. The van der Waals surface area contributed by atoms with Crippen molar-refractivity contribution in [1.82, 2.24) is 20.1 Å². The van der Waals surface area contributed by atoms with Gasteiger partial charge in [0.2, 0.25) is 5.13 Å². The van der Waals surface area contributed by atoms with Crippen molar-refractivity contribution in [3.05, 3.63) is 41.7 Å². The van der Waals surface area contributed by atoms with Crippen LogP contribution >= 0.6 is 11.3 Å². The fourth-order valence-corrected chi connectivity index (χ4v) is 3.44. The molecule has 0 aliphatic rings. The molecule has 1 unspecified atom stereocenters. The minimum Gasteiger partial charge on any atom is -0.310 e. The molecule has 1 N–H and O–H groups in total. The number of nitrogens with one attached hydrogen (secondary N) is 1. The number of hydrogen-bond acceptors (Lipinski definition) is 4. The molecule has 1 aromatic carbocycles. The SMILES string of the molecule is CCCNC(C)c1cnn(-c2nc3ccccc3s2)c1C. The van der Waals surface area contributed by atoms with Gasteiger partial charge < -0.3 is 5.32 Å². The van der Waals surface area contributed by atoms with Crippen molar-refractivity contribution < 1.29 is 0 Å². The maximum absolute atomic E-state index is 4.68. The van der Waals surface area contributed by atoms with Crippen LogP contribution in [0.1, 0.15) is 37.6 Å². The first kappa shape index (κ1) is 14.2. The number of thiazole rings is 1. The fourth-order valence-electron chi connectivity index (χ4n) is 2.46. The summed E-state index contributed by atoms with van der Waals surface area (Å²) < 4.78 is 3.14. The molecule has 3 rings (SSSR count). The zero-order valence-corrected chi connectivity index (χ0v) is 13.4. The molecule has 0 bridgehead atoms. The predicted octanol–water partition coefficient (Wildman–Crippen LogP) is 3.85. The van der Waals surface area contributed by atoms with E-state index in [0.717, 1.165) is 29.3 Å². The number of benzene rings is 1. The Bertz CT molecular complexity index is 711. The van der Waals surface area contributed by atoms with Gasteiger partial charge in [-0.3, -0.25) is 0 Å². The van der Waals surface area contributed by atoms with Gasteiger partial charge in [0.1, 0.15) is 0 Å². The molecule has 0 amide bonds. The lowest BCUT2D eigenvalue weighted by atomic mass is 10.1. The Morgan fingerprint density at radius 2 is 2.14 bits per heavy atom. The summed E-state index contributed by atoms with van der Waals surface area (Å²) in [5, 5.41) is 8.98. The molecule has 110 valence electrons. The first-order chi connectivity index (χ1) is 10.2. The first-order valence-corrected chi connectivity index (χ1v) is 8.16. The monoisotopic (exact) mass is 300 g/mol. The average molecular weight is 300 g/mol. The lowest BCUT2D eigenvalue weighted by Crippen LogP contribution is -2.19. The quantitative estimate of drug-likeness (QED) is 0.778. The van der Waals surface area contributed by atoms with Crippen LogP contribution in [0.4, 0.5) is 0 Å². The van der Waals surface area contributed by atoms with Gasteiger partial charge in [0, 0.05) is 17.3 Å². The molecular weight excluding hydrogens is 280 g/mol. The minimum atomic E-state index is 0.313. The molecule has 2 aromatic heterocycles. The Hall–Kier alpha value is -1.72. The summed E-state index contributed by atoms with van der Waals surface area (Å²) in [7, 11) is 0. The third-order valence-electron chi connectivity index (χ3n) is 3.68. The Morgan fingerprint density at radius 3 is 2.90 bits per heavy atom. The van der Waals surface area contributed by atoms with Crippen molar-refractivity contribution >= 4 is 21.6 Å². The van der Waals surface area contributed by atoms with Crippen molar-refractivity contribution in [2.75, 3.05) is 6.54 Å². The van der Waals surface area contributed by atoms with Crippen molar-refractivity contribution in [3.63, 3.8) is 0 Å². The highest BCUT2D eigenvalue weighted by Gasteiger charge is 2.15. The van der Waals surface area contributed by atoms with E-state index in [1.807, 2.05) is 29.1 Å². The second-order valence-corrected chi connectivity index (χ2v) is 6.25. The number of nitrogens with zero attached hydrogens (tertiary/aromatic N) is 3. The van der Waals surface area contributed by atoms with Crippen LogP contribution in [0.25, 0.3) is 15.3 Å². The van der Waals surface area contributed by atoms with E-state index in [9.17, 15) is 0 Å². The molecule has 0 saturated carbocycles. The Kier molecular flexibility index (Phi) is 4.03. The van der Waals surface area contributed by atoms with Gasteiger partial charge in [-0.1, -0.05) is 30.4 Å². The van der Waals surface area contributed by atoms with Crippen LogP contribution in [0.15, 0.2) is 30.5 Å². The maximum atomic E-state index is 4.68. The standard InChI is InChI=1S/C16H20N4S/c1-4-9-17-11(2)13-10-18-20(12(13)3)16-19-14-7-5-6-8-15(14)21-16/h5-8,10-11,17H,4,9H2,1-3H3. The predicted molar refractivity (Wildman–Crippen MR) is 88.2 cm³/mol. The first-order valence-electron chi connectivity index (χ1n) is 7.34. The lowest BCUT2D eigenvalue weighted by molar-refractivity contribution is 0.568. The van der Waals surface area contributed by atoms with E-state index in [1.54, 1.807) is 11.3 Å². The van der Waals surface area contributed by atoms with Crippen molar-refractivity contribution in [3.8, 4) is 5.13 Å². The van der Waals surface area contributed by atoms with Crippen molar-refractivity contribution in [1.29, 1.82) is 0 Å². The molecule has 0 radical (unpaired) electrons. The van der Waals surface area contributed by atoms with Crippen LogP contribution in [0.2, 0.25) is 0 Å². The van der Waals surface area contributed by atoms with Crippen LogP contribution < -0.4 is 5.32 Å². The third-order valence-corrected chi connectivity index (χ3v) is 4.69. The number of para-hydroxylation sites is 1. The maximum Gasteiger partial charge on any atom is 0.211 e. The molecule has 4 nitrogen and oxygen atoms in total. The number of fused-ring (bicyclic) bond motifs is 1. The van der Waals surface area contributed by atoms with Gasteiger partial charge in [-0.05, 0) is 38.9 Å². The molecule has 21 heavy (non-hydrogen) atoms. The molecule has 5 heteroatoms. The van der Waals surface area contributed by atoms with E-state index in [4.69, 9.17) is 0 Å². The van der Waals surface area contributed by atoms with E-state index in [1.165, 1.54) is 10.3 Å². The van der Waals surface area contributed by atoms with Crippen LogP contribution in [-0.4, -0.2) is 21.3 Å². The zero-order chi connectivity index (χ0) is 14.8. The molecule has 2 heterocycles. The summed E-state index contributed by atoms with van der Waals surface area (Å²) in [5.74, 6) is 0. The van der Waals surface area contributed by atoms with Crippen molar-refractivity contribution in [2.24, 2.45) is 0 Å². The number of rotatable bonds is 5. The van der Waals surface area contributed by atoms with E-state index >= 15 is 0 Å². The van der Waals surface area contributed by atoms with Gasteiger partial charge in [0.25, 0.3) is 0 Å². The molecule has 0 aliphatic carbocycles. The smallest absolute Gasteiger partial charge is 0.211 e. The van der Waals surface area contributed by atoms with Gasteiger partial charge in [-0.2, -0.15) is 5.10 Å². The lowest BCUT2D eigenvalue weighted by Gasteiger charge is -2.12. The van der Waals surface area contributed by atoms with Gasteiger partial charge in [-0.15, -0.1) is 0 Å². The van der Waals surface area contributed by atoms with Gasteiger partial charge in [0.05, 0.1) is 16.4 Å². The van der Waals surface area contributed by atoms with Crippen LogP contribution in [0, 0.1) is 6.92 Å². The topological polar surface area (TPSA) is 42.7 Å². The number of aromatic nitrogens is 3. The van der Waals surface area contributed by atoms with E-state index in [-0.39, 0.29) is 0 Å². The number of hydrogen-bond donors (Lipinski definition) is 1. The second kappa shape index (κ2) is 5.95. The highest BCUT2D eigenvalue weighted by molar-refractivity contribution is 7.20. The van der Waals surface area contributed by atoms with Crippen molar-refractivity contribution in [2.45, 2.75) is 33.2 Å². The molecule has 0 aliphatic heterocycles. The minimum absolute atomic E-state index is 0.313. The Labute approximate surface area is 128 Å². The molecule has 0 spiro atoms. The van der Waals surface area contributed by atoms with E-state index < -0.39 is 0 Å². The van der Waals surface area contributed by atoms with Crippen LogP contribution in [0.3, 0.4) is 0 Å². The zero-order valence-electron chi connectivity index (χ0n) is 12.6. The van der Waals surface area contributed by atoms with Gasteiger partial charge in [-0.25, -0.2) is 9.67 Å². The highest BCUT2D eigenvalue weighted by Crippen LogP contribution is 2.27. The van der Waals surface area contributed by atoms with Gasteiger partial charge in [0.15, 0.2) is 0 Å². The summed E-state index contributed by atoms with van der Waals surface area (Å²) in [5.41, 5.74) is 3.43. The van der Waals surface area contributed by atoms with E-state index in [0.29, 0.717) is 6.04 Å². The molecular formula is C16H20N4S. The van der Waals surface area contributed by atoms with E-state index in [2.05, 4.69) is 42.2 Å². The Morgan fingerprint density at radius 1 is 1.33 bits per heavy atom. The summed E-state index contributed by atoms with van der Waals surface area (Å²) in [6.07, 6.45) is 3.09. The summed E-state index contributed by atoms with van der Waals surface area (Å²) in [6, 6.07) is 8.52. The van der Waals surface area contributed by atoms with Gasteiger partial charge >= 0.3 is 0 Å². The van der Waals surface area contributed by atoms with Crippen LogP contribution in [-0.2, 0) is 0 Å².